The third-order valence-corrected chi connectivity index (χ3v) is 1.50. The third-order valence-electron chi connectivity index (χ3n) is 1.50. The second kappa shape index (κ2) is 5.09. The Hall–Kier alpha value is -0.610. The van der Waals surface area contributed by atoms with Gasteiger partial charge in [0.25, 0.3) is 0 Å². The first-order chi connectivity index (χ1) is 5.13. The largest absolute Gasteiger partial charge is 0.382 e. The molecule has 0 aliphatic carbocycles. The van der Waals surface area contributed by atoms with Crippen molar-refractivity contribution in [3.63, 3.8) is 0 Å². The van der Waals surface area contributed by atoms with Crippen molar-refractivity contribution in [3.05, 3.63) is 0 Å². The van der Waals surface area contributed by atoms with Gasteiger partial charge in [-0.25, -0.2) is 0 Å². The summed E-state index contributed by atoms with van der Waals surface area (Å²) in [5.41, 5.74) is 5.44. The summed E-state index contributed by atoms with van der Waals surface area (Å²) in [6.07, 6.45) is -0.474. The van der Waals surface area contributed by atoms with Crippen LogP contribution in [0.4, 0.5) is 0 Å². The molecule has 4 heteroatoms. The Morgan fingerprint density at radius 3 is 2.55 bits per heavy atom. The molecule has 0 aliphatic heterocycles. The van der Waals surface area contributed by atoms with Gasteiger partial charge in [0.15, 0.2) is 0 Å². The molecule has 0 rings (SSSR count). The summed E-state index contributed by atoms with van der Waals surface area (Å²) in [4.78, 5) is 10.9. The van der Waals surface area contributed by atoms with Gasteiger partial charge in [-0.05, 0) is 13.3 Å². The van der Waals surface area contributed by atoms with Crippen LogP contribution < -0.4 is 11.1 Å². The van der Waals surface area contributed by atoms with E-state index in [9.17, 15) is 9.90 Å². The highest BCUT2D eigenvalue weighted by molar-refractivity contribution is 5.81. The molecule has 4 nitrogen and oxygen atoms in total. The van der Waals surface area contributed by atoms with Crippen molar-refractivity contribution in [2.75, 3.05) is 6.54 Å². The summed E-state index contributed by atoms with van der Waals surface area (Å²) in [5, 5.41) is 11.7. The minimum Gasteiger partial charge on any atom is -0.382 e. The van der Waals surface area contributed by atoms with Gasteiger partial charge in [0.2, 0.25) is 5.91 Å². The molecule has 0 bridgehead atoms. The highest BCUT2D eigenvalue weighted by Gasteiger charge is 2.19. The van der Waals surface area contributed by atoms with Crippen molar-refractivity contribution in [3.8, 4) is 0 Å². The number of hydrogen-bond donors (Lipinski definition) is 3. The van der Waals surface area contributed by atoms with Crippen LogP contribution in [0.1, 0.15) is 20.3 Å². The number of rotatable bonds is 4. The summed E-state index contributed by atoms with van der Waals surface area (Å²) in [7, 11) is 0. The fourth-order valence-electron chi connectivity index (χ4n) is 0.696. The molecule has 0 saturated carbocycles. The maximum Gasteiger partial charge on any atom is 0.250 e. The summed E-state index contributed by atoms with van der Waals surface area (Å²) >= 11 is 0. The van der Waals surface area contributed by atoms with Gasteiger partial charge in [-0.15, -0.1) is 0 Å². The molecule has 2 atom stereocenters. The van der Waals surface area contributed by atoms with E-state index in [2.05, 4.69) is 5.32 Å². The molecule has 66 valence electrons. The van der Waals surface area contributed by atoms with Crippen LogP contribution in [0.25, 0.3) is 0 Å². The number of nitrogens with two attached hydrogens (primary N) is 1. The van der Waals surface area contributed by atoms with Crippen LogP contribution in [-0.2, 0) is 4.79 Å². The fourth-order valence-corrected chi connectivity index (χ4v) is 0.696. The standard InChI is InChI=1S/C7H16N2O2/c1-3-5(8)6(10)7(11)9-4-2/h5-6,10H,3-4,8H2,1-2H3,(H,9,11). The number of aliphatic hydroxyl groups is 1. The highest BCUT2D eigenvalue weighted by atomic mass is 16.3. The topological polar surface area (TPSA) is 75.3 Å². The second-order valence-corrected chi connectivity index (χ2v) is 2.41. The lowest BCUT2D eigenvalue weighted by Crippen LogP contribution is -2.45. The second-order valence-electron chi connectivity index (χ2n) is 2.41. The molecule has 1 amide bonds. The fraction of sp³-hybridized carbons (Fsp3) is 0.857. The molecule has 0 saturated heterocycles. The Balaban J connectivity index is 3.80. The first-order valence-corrected chi connectivity index (χ1v) is 3.84. The number of carbonyl (C=O) groups is 1. The van der Waals surface area contributed by atoms with Crippen molar-refractivity contribution in [2.24, 2.45) is 5.73 Å². The summed E-state index contributed by atoms with van der Waals surface area (Å²) < 4.78 is 0. The Kier molecular flexibility index (Phi) is 4.81. The van der Waals surface area contributed by atoms with Crippen LogP contribution >= 0.6 is 0 Å². The normalized spacial score (nSPS) is 15.6. The number of aliphatic hydroxyl groups excluding tert-OH is 1. The van der Waals surface area contributed by atoms with Gasteiger partial charge < -0.3 is 16.2 Å². The molecule has 2 unspecified atom stereocenters. The lowest BCUT2D eigenvalue weighted by Gasteiger charge is -2.15. The third kappa shape index (κ3) is 3.34. The lowest BCUT2D eigenvalue weighted by molar-refractivity contribution is -0.130. The number of hydrogen-bond acceptors (Lipinski definition) is 3. The quantitative estimate of drug-likeness (QED) is 0.505. The monoisotopic (exact) mass is 160 g/mol. The molecule has 0 aromatic rings. The van der Waals surface area contributed by atoms with Crippen LogP contribution in [0.15, 0.2) is 0 Å². The highest BCUT2D eigenvalue weighted by Crippen LogP contribution is 1.94. The maximum absolute atomic E-state index is 10.9. The predicted molar refractivity (Wildman–Crippen MR) is 43.0 cm³/mol. The molecule has 0 heterocycles. The first-order valence-electron chi connectivity index (χ1n) is 3.84. The van der Waals surface area contributed by atoms with E-state index in [4.69, 9.17) is 5.73 Å². The number of likely N-dealkylation sites (N-methyl/N-ethyl adjacent to an activating group) is 1. The van der Waals surface area contributed by atoms with Crippen molar-refractivity contribution in [1.82, 2.24) is 5.32 Å². The van der Waals surface area contributed by atoms with Gasteiger partial charge in [-0.2, -0.15) is 0 Å². The van der Waals surface area contributed by atoms with Crippen LogP contribution in [0.5, 0.6) is 0 Å². The average molecular weight is 160 g/mol. The smallest absolute Gasteiger partial charge is 0.250 e. The van der Waals surface area contributed by atoms with Crippen molar-refractivity contribution < 1.29 is 9.90 Å². The van der Waals surface area contributed by atoms with Crippen molar-refractivity contribution in [2.45, 2.75) is 32.4 Å². The van der Waals surface area contributed by atoms with Crippen LogP contribution in [0.3, 0.4) is 0 Å². The van der Waals surface area contributed by atoms with Gasteiger partial charge in [-0.1, -0.05) is 6.92 Å². The zero-order valence-electron chi connectivity index (χ0n) is 7.00. The molecule has 0 aromatic heterocycles. The zero-order valence-corrected chi connectivity index (χ0v) is 7.00. The Bertz CT molecular complexity index is 128. The van der Waals surface area contributed by atoms with Crippen molar-refractivity contribution in [1.29, 1.82) is 0 Å². The Labute approximate surface area is 66.8 Å². The molecule has 0 radical (unpaired) electrons. The molecule has 4 N–H and O–H groups in total. The first kappa shape index (κ1) is 10.4. The van der Waals surface area contributed by atoms with Gasteiger partial charge in [0, 0.05) is 12.6 Å². The van der Waals surface area contributed by atoms with E-state index in [-0.39, 0.29) is 5.91 Å². The lowest BCUT2D eigenvalue weighted by atomic mass is 10.1. The molecule has 11 heavy (non-hydrogen) atoms. The van der Waals surface area contributed by atoms with E-state index in [1.54, 1.807) is 6.92 Å². The molecule has 0 aromatic carbocycles. The predicted octanol–water partition coefficient (Wildman–Crippen LogP) is -0.779. The minimum atomic E-state index is -1.07. The maximum atomic E-state index is 10.9. The van der Waals surface area contributed by atoms with Crippen LogP contribution in [-0.4, -0.2) is 29.7 Å². The van der Waals surface area contributed by atoms with E-state index in [1.807, 2.05) is 6.92 Å². The Morgan fingerprint density at radius 1 is 1.64 bits per heavy atom. The summed E-state index contributed by atoms with van der Waals surface area (Å²) in [6, 6.07) is -0.457. The van der Waals surface area contributed by atoms with E-state index in [0.717, 1.165) is 0 Å². The molecule has 0 fully saturated rings. The molecule has 0 spiro atoms. The van der Waals surface area contributed by atoms with Crippen LogP contribution in [0, 0.1) is 0 Å². The zero-order chi connectivity index (χ0) is 8.85. The minimum absolute atomic E-state index is 0.387. The van der Waals surface area contributed by atoms with Gasteiger partial charge in [-0.3, -0.25) is 4.79 Å². The molecule has 0 aliphatic rings. The number of carbonyl (C=O) groups excluding carboxylic acids is 1. The van der Waals surface area contributed by atoms with Gasteiger partial charge in [0.05, 0.1) is 0 Å². The average Bonchev–Trinajstić information content (AvgIpc) is 2.02. The van der Waals surface area contributed by atoms with E-state index in [1.165, 1.54) is 0 Å². The van der Waals surface area contributed by atoms with Gasteiger partial charge in [0.1, 0.15) is 6.10 Å². The van der Waals surface area contributed by atoms with Crippen molar-refractivity contribution >= 4 is 5.91 Å². The van der Waals surface area contributed by atoms with Crippen LogP contribution in [0.2, 0.25) is 0 Å². The molecular weight excluding hydrogens is 144 g/mol. The summed E-state index contributed by atoms with van der Waals surface area (Å²) in [6.45, 7) is 4.14. The molecular formula is C7H16N2O2. The Morgan fingerprint density at radius 2 is 2.18 bits per heavy atom. The van der Waals surface area contributed by atoms with E-state index >= 15 is 0 Å². The van der Waals surface area contributed by atoms with E-state index in [0.29, 0.717) is 13.0 Å². The number of nitrogens with one attached hydrogen (secondary N) is 1. The number of amides is 1. The van der Waals surface area contributed by atoms with E-state index < -0.39 is 12.1 Å². The SMILES string of the molecule is CCNC(=O)C(O)C(N)CC. The summed E-state index contributed by atoms with van der Waals surface area (Å²) in [5.74, 6) is -0.387. The van der Waals surface area contributed by atoms with Gasteiger partial charge >= 0.3 is 0 Å².